The number of benzene rings is 2. The molecule has 2 aliphatic rings. The standard InChI is InChI=1S/C40H38ClF6N9O5S/c1-39(2,3)10-11-61-28-9-6-21-35(49-28)50-37(56(38(21)58)26-8-7-24(41)30-32(26)54(4)52-36(30)53-62(5,59)60)25(14-18-12-19(42)15-20(43)13-18)48-27(57)17-55-33-29(31(51-55)34(44)45)22-16-23(22)40(33,46)47/h6-9,12-13,15,22-23,25,34H,10-11,14,16-17H2,1-5H3,(H,48,57)(H,52,53)/t22-,23+,25-/m0/s1. The Bertz CT molecular complexity index is 2970. The number of ether oxygens (including phenoxy) is 1. The number of nitrogens with one attached hydrogen (secondary N) is 2. The second-order valence-corrected chi connectivity index (χ2v) is 18.9. The third kappa shape index (κ3) is 8.07. The number of amides is 1. The first-order valence-corrected chi connectivity index (χ1v) is 21.5. The van der Waals surface area contributed by atoms with E-state index in [9.17, 15) is 35.6 Å². The third-order valence-electron chi connectivity index (χ3n) is 10.7. The van der Waals surface area contributed by atoms with Crippen molar-refractivity contribution < 1.29 is 44.3 Å². The van der Waals surface area contributed by atoms with E-state index in [1.165, 1.54) is 36.0 Å². The van der Waals surface area contributed by atoms with Gasteiger partial charge in [-0.15, -0.1) is 0 Å². The Kier molecular flexibility index (Phi) is 10.6. The fourth-order valence-corrected chi connectivity index (χ4v) is 8.72. The first-order chi connectivity index (χ1) is 29.0. The summed E-state index contributed by atoms with van der Waals surface area (Å²) >= 11 is 6.61. The molecule has 4 heterocycles. The average Bonchev–Trinajstić information content (AvgIpc) is 3.69. The fraction of sp³-hybridized carbons (Fsp3) is 0.400. The Balaban J connectivity index is 1.32. The van der Waals surface area contributed by atoms with Crippen LogP contribution in [0.5, 0.6) is 5.88 Å². The number of anilines is 1. The molecule has 1 saturated carbocycles. The van der Waals surface area contributed by atoms with Crippen molar-refractivity contribution in [2.75, 3.05) is 17.6 Å². The van der Waals surface area contributed by atoms with Gasteiger partial charge >= 0.3 is 0 Å². The van der Waals surface area contributed by atoms with Crippen molar-refractivity contribution in [1.29, 1.82) is 0 Å². The second kappa shape index (κ2) is 15.3. The van der Waals surface area contributed by atoms with E-state index in [1.807, 2.05) is 20.8 Å². The normalized spacial score (nSPS) is 17.4. The van der Waals surface area contributed by atoms with Crippen molar-refractivity contribution in [3.63, 3.8) is 0 Å². The maximum absolute atomic E-state index is 15.5. The van der Waals surface area contributed by atoms with E-state index in [-0.39, 0.29) is 79.7 Å². The predicted molar refractivity (Wildman–Crippen MR) is 215 cm³/mol. The molecule has 4 aromatic heterocycles. The minimum Gasteiger partial charge on any atom is -0.478 e. The van der Waals surface area contributed by atoms with Crippen molar-refractivity contribution in [3.8, 4) is 11.6 Å². The molecule has 2 aromatic carbocycles. The van der Waals surface area contributed by atoms with Gasteiger partial charge in [-0.3, -0.25) is 28.2 Å². The number of hydrogen-bond acceptors (Lipinski definition) is 9. The Labute approximate surface area is 354 Å². The van der Waals surface area contributed by atoms with Crippen LogP contribution in [0.1, 0.15) is 80.3 Å². The van der Waals surface area contributed by atoms with E-state index >= 15 is 8.78 Å². The Hall–Kier alpha value is -5.70. The molecule has 3 atom stereocenters. The summed E-state index contributed by atoms with van der Waals surface area (Å²) in [6, 6.07) is 6.64. The topological polar surface area (TPSA) is 168 Å². The number of hydrogen-bond donors (Lipinski definition) is 2. The molecule has 328 valence electrons. The lowest BCUT2D eigenvalue weighted by atomic mass is 9.93. The molecule has 14 nitrogen and oxygen atoms in total. The molecule has 6 aromatic rings. The quantitative estimate of drug-likeness (QED) is 0.114. The smallest absolute Gasteiger partial charge is 0.293 e. The summed E-state index contributed by atoms with van der Waals surface area (Å²) in [4.78, 5) is 38.2. The van der Waals surface area contributed by atoms with Gasteiger partial charge in [0.25, 0.3) is 17.9 Å². The summed E-state index contributed by atoms with van der Waals surface area (Å²) in [5, 5.41) is 10.7. The van der Waals surface area contributed by atoms with E-state index in [2.05, 4.69) is 25.2 Å². The summed E-state index contributed by atoms with van der Waals surface area (Å²) in [5.41, 5.74) is -2.97. The molecule has 0 aliphatic heterocycles. The number of halogens is 7. The number of nitrogens with zero attached hydrogens (tertiary/aromatic N) is 7. The van der Waals surface area contributed by atoms with E-state index < -0.39 is 87.7 Å². The minimum atomic E-state index is -3.91. The summed E-state index contributed by atoms with van der Waals surface area (Å²) < 4.78 is 124. The van der Waals surface area contributed by atoms with Crippen LogP contribution in [0.4, 0.5) is 32.2 Å². The number of rotatable bonds is 13. The van der Waals surface area contributed by atoms with Crippen molar-refractivity contribution in [2.24, 2.45) is 18.4 Å². The van der Waals surface area contributed by atoms with Crippen molar-refractivity contribution in [1.82, 2.24) is 39.4 Å². The van der Waals surface area contributed by atoms with Crippen LogP contribution in [0, 0.1) is 23.0 Å². The van der Waals surface area contributed by atoms with Gasteiger partial charge in [0.2, 0.25) is 21.8 Å². The minimum absolute atomic E-state index is 0.00383. The van der Waals surface area contributed by atoms with E-state index in [1.54, 1.807) is 0 Å². The highest BCUT2D eigenvalue weighted by Gasteiger charge is 2.67. The summed E-state index contributed by atoms with van der Waals surface area (Å²) in [6.07, 6.45) is -2.17. The number of carbonyl (C=O) groups is 1. The molecule has 0 bridgehead atoms. The molecular formula is C40H38ClF6N9O5S. The molecule has 22 heteroatoms. The van der Waals surface area contributed by atoms with Gasteiger partial charge in [0.05, 0.1) is 45.9 Å². The van der Waals surface area contributed by atoms with Crippen LogP contribution in [0.2, 0.25) is 5.02 Å². The van der Waals surface area contributed by atoms with Crippen LogP contribution in [0.15, 0.2) is 47.3 Å². The van der Waals surface area contributed by atoms with Gasteiger partial charge in [-0.05, 0) is 60.1 Å². The van der Waals surface area contributed by atoms with E-state index in [4.69, 9.17) is 21.3 Å². The molecule has 0 saturated heterocycles. The maximum atomic E-state index is 15.5. The molecule has 0 spiro atoms. The number of aryl methyl sites for hydroxylation is 1. The highest BCUT2D eigenvalue weighted by atomic mass is 35.5. The molecule has 0 radical (unpaired) electrons. The Morgan fingerprint density at radius 2 is 1.77 bits per heavy atom. The lowest BCUT2D eigenvalue weighted by Crippen LogP contribution is -2.38. The van der Waals surface area contributed by atoms with Gasteiger partial charge in [-0.2, -0.15) is 24.0 Å². The fourth-order valence-electron chi connectivity index (χ4n) is 7.99. The highest BCUT2D eigenvalue weighted by Crippen LogP contribution is 2.68. The SMILES string of the molecule is Cn1nc(NS(C)(=O)=O)c2c(Cl)ccc(-n3c([C@H](Cc4cc(F)cc(F)c4)NC(=O)Cn4nc(C(F)F)c5c4C(F)(F)[C@@H]4C[C@H]54)nc4nc(OCCC(C)(C)C)ccc4c3=O)c21. The van der Waals surface area contributed by atoms with Crippen LogP contribution in [0.25, 0.3) is 27.6 Å². The van der Waals surface area contributed by atoms with Gasteiger partial charge in [0.15, 0.2) is 11.5 Å². The average molecular weight is 906 g/mol. The molecule has 2 aliphatic carbocycles. The lowest BCUT2D eigenvalue weighted by molar-refractivity contribution is -0.123. The molecule has 0 unspecified atom stereocenters. The predicted octanol–water partition coefficient (Wildman–Crippen LogP) is 7.23. The number of pyridine rings is 1. The maximum Gasteiger partial charge on any atom is 0.293 e. The zero-order chi connectivity index (χ0) is 44.8. The zero-order valence-corrected chi connectivity index (χ0v) is 35.2. The van der Waals surface area contributed by atoms with Crippen molar-refractivity contribution in [3.05, 3.63) is 97.8 Å². The van der Waals surface area contributed by atoms with Crippen LogP contribution >= 0.6 is 11.6 Å². The molecule has 1 amide bonds. The summed E-state index contributed by atoms with van der Waals surface area (Å²) in [5.74, 6) is -9.05. The number of sulfonamides is 1. The number of fused-ring (bicyclic) bond motifs is 5. The largest absolute Gasteiger partial charge is 0.478 e. The van der Waals surface area contributed by atoms with E-state index in [0.717, 1.165) is 23.0 Å². The molecule has 1 fully saturated rings. The van der Waals surface area contributed by atoms with Crippen LogP contribution in [-0.2, 0) is 40.8 Å². The van der Waals surface area contributed by atoms with Gasteiger partial charge in [0, 0.05) is 37.1 Å². The molecule has 62 heavy (non-hydrogen) atoms. The first-order valence-electron chi connectivity index (χ1n) is 19.2. The number of carbonyl (C=O) groups excluding carboxylic acids is 1. The highest BCUT2D eigenvalue weighted by molar-refractivity contribution is 7.92. The molecule has 2 N–H and O–H groups in total. The summed E-state index contributed by atoms with van der Waals surface area (Å²) in [6.45, 7) is 5.30. The Morgan fingerprint density at radius 3 is 2.44 bits per heavy atom. The Morgan fingerprint density at radius 1 is 1.06 bits per heavy atom. The molecular weight excluding hydrogens is 868 g/mol. The van der Waals surface area contributed by atoms with Crippen molar-refractivity contribution in [2.45, 2.75) is 70.9 Å². The monoisotopic (exact) mass is 905 g/mol. The van der Waals surface area contributed by atoms with Gasteiger partial charge in [-0.25, -0.2) is 31.0 Å². The first kappa shape index (κ1) is 43.0. The summed E-state index contributed by atoms with van der Waals surface area (Å²) in [7, 11) is -2.47. The second-order valence-electron chi connectivity index (χ2n) is 16.7. The van der Waals surface area contributed by atoms with Gasteiger partial charge in [-0.1, -0.05) is 32.4 Å². The number of aromatic nitrogens is 7. The zero-order valence-electron chi connectivity index (χ0n) is 33.6. The van der Waals surface area contributed by atoms with Crippen LogP contribution < -0.4 is 20.3 Å². The number of alkyl halides is 4. The van der Waals surface area contributed by atoms with Gasteiger partial charge < -0.3 is 10.1 Å². The lowest BCUT2D eigenvalue weighted by Gasteiger charge is -2.24. The van der Waals surface area contributed by atoms with Crippen LogP contribution in [0.3, 0.4) is 0 Å². The van der Waals surface area contributed by atoms with Crippen molar-refractivity contribution >= 4 is 55.3 Å². The van der Waals surface area contributed by atoms with E-state index in [0.29, 0.717) is 17.2 Å². The van der Waals surface area contributed by atoms with Crippen LogP contribution in [-0.4, -0.2) is 61.3 Å². The molecule has 8 rings (SSSR count). The van der Waals surface area contributed by atoms with Gasteiger partial charge in [0.1, 0.15) is 35.4 Å². The third-order valence-corrected chi connectivity index (χ3v) is 11.6.